The smallest absolute Gasteiger partial charge is 0.159 e. The van der Waals surface area contributed by atoms with Crippen molar-refractivity contribution in [1.29, 1.82) is 0 Å². The Morgan fingerprint density at radius 1 is 0.870 bits per heavy atom. The fourth-order valence-electron chi connectivity index (χ4n) is 3.13. The zero-order valence-corrected chi connectivity index (χ0v) is 13.9. The van der Waals surface area contributed by atoms with E-state index in [0.717, 1.165) is 25.9 Å². The summed E-state index contributed by atoms with van der Waals surface area (Å²) in [4.78, 5) is 2.46. The number of hydrogen-bond acceptors (Lipinski definition) is 5. The van der Waals surface area contributed by atoms with Crippen molar-refractivity contribution in [2.75, 3.05) is 39.5 Å². The van der Waals surface area contributed by atoms with E-state index in [0.29, 0.717) is 32.5 Å². The molecule has 0 amide bonds. The van der Waals surface area contributed by atoms with Crippen LogP contribution in [0.2, 0.25) is 0 Å². The molecule has 0 N–H and O–H groups in total. The van der Waals surface area contributed by atoms with E-state index < -0.39 is 0 Å². The van der Waals surface area contributed by atoms with Crippen molar-refractivity contribution in [3.8, 4) is 0 Å². The molecule has 1 aromatic carbocycles. The third kappa shape index (κ3) is 4.99. The average Bonchev–Trinajstić information content (AvgIpc) is 3.29. The van der Waals surface area contributed by atoms with Crippen LogP contribution in [0.4, 0.5) is 0 Å². The molecule has 1 atom stereocenters. The Morgan fingerprint density at radius 2 is 1.35 bits per heavy atom. The molecule has 0 aromatic heterocycles. The Kier molecular flexibility index (Phi) is 6.42. The van der Waals surface area contributed by atoms with Crippen LogP contribution in [0.1, 0.15) is 31.4 Å². The first kappa shape index (κ1) is 16.9. The number of benzene rings is 1. The first-order valence-corrected chi connectivity index (χ1v) is 8.58. The number of ether oxygens (including phenoxy) is 4. The predicted octanol–water partition coefficient (Wildman–Crippen LogP) is 2.58. The Morgan fingerprint density at radius 3 is 1.83 bits per heavy atom. The minimum absolute atomic E-state index is 0.0561. The number of rotatable bonds is 8. The Labute approximate surface area is 138 Å². The molecule has 0 spiro atoms. The summed E-state index contributed by atoms with van der Waals surface area (Å²) in [6.07, 6.45) is 1.67. The average molecular weight is 321 g/mol. The molecular weight excluding hydrogens is 294 g/mol. The van der Waals surface area contributed by atoms with Crippen LogP contribution in [0.25, 0.3) is 0 Å². The highest BCUT2D eigenvalue weighted by molar-refractivity contribution is 5.18. The van der Waals surface area contributed by atoms with Crippen LogP contribution in [-0.2, 0) is 18.9 Å². The third-order valence-corrected chi connectivity index (χ3v) is 4.52. The van der Waals surface area contributed by atoms with Gasteiger partial charge in [0.2, 0.25) is 0 Å². The lowest BCUT2D eigenvalue weighted by Gasteiger charge is -2.30. The van der Waals surface area contributed by atoms with Crippen molar-refractivity contribution in [1.82, 2.24) is 4.90 Å². The van der Waals surface area contributed by atoms with Gasteiger partial charge in [-0.2, -0.15) is 0 Å². The molecule has 5 nitrogen and oxygen atoms in total. The van der Waals surface area contributed by atoms with Crippen molar-refractivity contribution >= 4 is 0 Å². The van der Waals surface area contributed by atoms with Gasteiger partial charge in [-0.15, -0.1) is 0 Å². The highest BCUT2D eigenvalue weighted by Crippen LogP contribution is 2.22. The maximum atomic E-state index is 5.57. The van der Waals surface area contributed by atoms with Crippen molar-refractivity contribution in [3.63, 3.8) is 0 Å². The molecule has 5 heteroatoms. The normalized spacial score (nSPS) is 21.3. The van der Waals surface area contributed by atoms with Gasteiger partial charge in [0, 0.05) is 32.0 Å². The molecular formula is C18H27NO4. The molecule has 2 fully saturated rings. The molecule has 2 saturated heterocycles. The Bertz CT molecular complexity index is 424. The van der Waals surface area contributed by atoms with Gasteiger partial charge >= 0.3 is 0 Å². The van der Waals surface area contributed by atoms with Crippen LogP contribution in [0.15, 0.2) is 30.3 Å². The molecule has 1 aromatic rings. The van der Waals surface area contributed by atoms with Crippen LogP contribution >= 0.6 is 0 Å². The van der Waals surface area contributed by atoms with Crippen molar-refractivity contribution < 1.29 is 18.9 Å². The first-order valence-electron chi connectivity index (χ1n) is 8.58. The minimum atomic E-state index is -0.0561. The van der Waals surface area contributed by atoms with Crippen LogP contribution in [0, 0.1) is 0 Å². The molecule has 23 heavy (non-hydrogen) atoms. The monoisotopic (exact) mass is 321 g/mol. The van der Waals surface area contributed by atoms with Gasteiger partial charge in [0.25, 0.3) is 0 Å². The quantitative estimate of drug-likeness (QED) is 0.736. The van der Waals surface area contributed by atoms with Crippen LogP contribution in [0.5, 0.6) is 0 Å². The highest BCUT2D eigenvalue weighted by Gasteiger charge is 2.23. The molecule has 0 unspecified atom stereocenters. The maximum Gasteiger partial charge on any atom is 0.159 e. The molecule has 128 valence electrons. The van der Waals surface area contributed by atoms with Gasteiger partial charge in [-0.05, 0) is 12.5 Å². The van der Waals surface area contributed by atoms with E-state index >= 15 is 0 Å². The Hall–Kier alpha value is -0.980. The molecule has 0 aliphatic carbocycles. The van der Waals surface area contributed by atoms with E-state index in [9.17, 15) is 0 Å². The summed E-state index contributed by atoms with van der Waals surface area (Å²) >= 11 is 0. The standard InChI is InChI=1S/C18H27NO4/c1-15(16-5-3-2-4-6-16)19(9-7-17-20-11-12-21-17)10-8-18-22-13-14-23-18/h2-6,15,17-18H,7-14H2,1H3/t15-/m0/s1. The number of nitrogens with zero attached hydrogens (tertiary/aromatic N) is 1. The van der Waals surface area contributed by atoms with Crippen molar-refractivity contribution in [2.45, 2.75) is 38.4 Å². The molecule has 0 bridgehead atoms. The lowest BCUT2D eigenvalue weighted by molar-refractivity contribution is -0.0635. The van der Waals surface area contributed by atoms with Gasteiger partial charge in [-0.1, -0.05) is 30.3 Å². The second kappa shape index (κ2) is 8.76. The lowest BCUT2D eigenvalue weighted by atomic mass is 10.1. The van der Waals surface area contributed by atoms with E-state index in [4.69, 9.17) is 18.9 Å². The number of hydrogen-bond donors (Lipinski definition) is 0. The zero-order valence-electron chi connectivity index (χ0n) is 13.9. The summed E-state index contributed by atoms with van der Waals surface area (Å²) in [5.41, 5.74) is 1.33. The second-order valence-electron chi connectivity index (χ2n) is 6.04. The third-order valence-electron chi connectivity index (χ3n) is 4.52. The Balaban J connectivity index is 1.56. The van der Waals surface area contributed by atoms with E-state index in [1.807, 2.05) is 0 Å². The SMILES string of the molecule is C[C@@H](c1ccccc1)N(CCC1OCCO1)CCC1OCCO1. The van der Waals surface area contributed by atoms with Crippen LogP contribution < -0.4 is 0 Å². The summed E-state index contributed by atoms with van der Waals surface area (Å²) in [6.45, 7) is 6.97. The highest BCUT2D eigenvalue weighted by atomic mass is 16.7. The fourth-order valence-corrected chi connectivity index (χ4v) is 3.13. The van der Waals surface area contributed by atoms with Gasteiger partial charge in [0.1, 0.15) is 0 Å². The van der Waals surface area contributed by atoms with E-state index in [1.54, 1.807) is 0 Å². The van der Waals surface area contributed by atoms with Gasteiger partial charge in [0.05, 0.1) is 26.4 Å². The molecule has 2 aliphatic rings. The molecule has 0 radical (unpaired) electrons. The molecule has 0 saturated carbocycles. The summed E-state index contributed by atoms with van der Waals surface area (Å²) in [6, 6.07) is 11.0. The van der Waals surface area contributed by atoms with Crippen LogP contribution in [0.3, 0.4) is 0 Å². The van der Waals surface area contributed by atoms with Crippen molar-refractivity contribution in [3.05, 3.63) is 35.9 Å². The topological polar surface area (TPSA) is 40.2 Å². The van der Waals surface area contributed by atoms with E-state index in [2.05, 4.69) is 42.2 Å². The van der Waals surface area contributed by atoms with Gasteiger partial charge in [-0.25, -0.2) is 0 Å². The maximum absolute atomic E-state index is 5.57. The largest absolute Gasteiger partial charge is 0.350 e. The predicted molar refractivity (Wildman–Crippen MR) is 87.0 cm³/mol. The molecule has 2 aliphatic heterocycles. The van der Waals surface area contributed by atoms with Gasteiger partial charge in [-0.3, -0.25) is 4.90 Å². The summed E-state index contributed by atoms with van der Waals surface area (Å²) in [5.74, 6) is 0. The lowest BCUT2D eigenvalue weighted by Crippen LogP contribution is -2.33. The van der Waals surface area contributed by atoms with Gasteiger partial charge in [0.15, 0.2) is 12.6 Å². The summed E-state index contributed by atoms with van der Waals surface area (Å²) in [7, 11) is 0. The van der Waals surface area contributed by atoms with Crippen LogP contribution in [-0.4, -0.2) is 57.0 Å². The minimum Gasteiger partial charge on any atom is -0.350 e. The first-order chi connectivity index (χ1) is 11.3. The second-order valence-corrected chi connectivity index (χ2v) is 6.04. The summed E-state index contributed by atoms with van der Waals surface area (Å²) < 4.78 is 22.3. The molecule has 3 rings (SSSR count). The summed E-state index contributed by atoms with van der Waals surface area (Å²) in [5, 5.41) is 0. The fraction of sp³-hybridized carbons (Fsp3) is 0.667. The van der Waals surface area contributed by atoms with Gasteiger partial charge < -0.3 is 18.9 Å². The van der Waals surface area contributed by atoms with E-state index in [1.165, 1.54) is 5.56 Å². The molecule has 2 heterocycles. The van der Waals surface area contributed by atoms with Crippen molar-refractivity contribution in [2.24, 2.45) is 0 Å². The zero-order chi connectivity index (χ0) is 15.9. The van der Waals surface area contributed by atoms with E-state index in [-0.39, 0.29) is 12.6 Å².